The summed E-state index contributed by atoms with van der Waals surface area (Å²) >= 11 is 0. The Morgan fingerprint density at radius 1 is 0.833 bits per heavy atom. The van der Waals surface area contributed by atoms with E-state index in [1.807, 2.05) is 0 Å². The van der Waals surface area contributed by atoms with Crippen LogP contribution in [0.1, 0.15) is 5.56 Å². The predicted molar refractivity (Wildman–Crippen MR) is 62.1 cm³/mol. The first kappa shape index (κ1) is 12.3. The van der Waals surface area contributed by atoms with E-state index < -0.39 is 11.7 Å². The molecule has 0 radical (unpaired) electrons. The average Bonchev–Trinajstić information content (AvgIpc) is 2.37. The summed E-state index contributed by atoms with van der Waals surface area (Å²) in [5.74, 6) is 0.439. The van der Waals surface area contributed by atoms with Gasteiger partial charge in [0.2, 0.25) is 0 Å². The van der Waals surface area contributed by atoms with Gasteiger partial charge >= 0.3 is 6.18 Å². The van der Waals surface area contributed by atoms with Crippen LogP contribution in [0.3, 0.4) is 0 Å². The molecule has 2 rings (SSSR count). The lowest BCUT2D eigenvalue weighted by Gasteiger charge is -2.14. The summed E-state index contributed by atoms with van der Waals surface area (Å²) in [4.78, 5) is 5.08. The number of hydrogen-bond donors (Lipinski definition) is 1. The molecule has 2 nitrogen and oxygen atoms in total. The molecule has 0 unspecified atom stereocenters. The molecular formula is C13H10F3NO. The van der Waals surface area contributed by atoms with Crippen LogP contribution in [0.15, 0.2) is 54.6 Å². The third-order valence-corrected chi connectivity index (χ3v) is 2.25. The zero-order chi connectivity index (χ0) is 13.0. The second-order valence-electron chi connectivity index (χ2n) is 3.56. The number of nitrogens with one attached hydrogen (secondary N) is 1. The average molecular weight is 253 g/mol. The monoisotopic (exact) mass is 253 g/mol. The minimum atomic E-state index is -4.41. The molecule has 0 aliphatic carbocycles. The molecule has 0 saturated carbocycles. The van der Waals surface area contributed by atoms with Gasteiger partial charge in [-0.3, -0.25) is 0 Å². The Bertz CT molecular complexity index is 511. The molecular weight excluding hydrogens is 243 g/mol. The number of alkyl halides is 3. The van der Waals surface area contributed by atoms with Gasteiger partial charge in [-0.25, -0.2) is 5.48 Å². The maximum atomic E-state index is 12.7. The van der Waals surface area contributed by atoms with Crippen molar-refractivity contribution >= 4 is 5.69 Å². The van der Waals surface area contributed by atoms with E-state index in [1.54, 1.807) is 30.3 Å². The number of halogens is 3. The van der Waals surface area contributed by atoms with Crippen LogP contribution in [-0.4, -0.2) is 0 Å². The molecule has 0 spiro atoms. The summed E-state index contributed by atoms with van der Waals surface area (Å²) in [7, 11) is 0. The Labute approximate surface area is 102 Å². The molecule has 0 saturated heterocycles. The molecule has 0 bridgehead atoms. The number of para-hydroxylation sites is 2. The van der Waals surface area contributed by atoms with Crippen molar-refractivity contribution in [3.05, 3.63) is 60.2 Å². The van der Waals surface area contributed by atoms with E-state index in [1.165, 1.54) is 18.2 Å². The summed E-state index contributed by atoms with van der Waals surface area (Å²) < 4.78 is 38.0. The van der Waals surface area contributed by atoms with E-state index in [2.05, 4.69) is 5.48 Å². The predicted octanol–water partition coefficient (Wildman–Crippen LogP) is 4.11. The second kappa shape index (κ2) is 5.00. The first-order chi connectivity index (χ1) is 8.57. The first-order valence-corrected chi connectivity index (χ1v) is 5.21. The van der Waals surface area contributed by atoms with Crippen LogP contribution < -0.4 is 10.3 Å². The van der Waals surface area contributed by atoms with Crippen molar-refractivity contribution < 1.29 is 18.0 Å². The smallest absolute Gasteiger partial charge is 0.382 e. The van der Waals surface area contributed by atoms with E-state index in [9.17, 15) is 13.2 Å². The maximum Gasteiger partial charge on any atom is 0.418 e. The highest BCUT2D eigenvalue weighted by Gasteiger charge is 2.33. The Morgan fingerprint density at radius 2 is 1.44 bits per heavy atom. The van der Waals surface area contributed by atoms with E-state index >= 15 is 0 Å². The number of benzene rings is 2. The number of anilines is 1. The van der Waals surface area contributed by atoms with Gasteiger partial charge in [0, 0.05) is 0 Å². The molecule has 2 aromatic rings. The van der Waals surface area contributed by atoms with Crippen molar-refractivity contribution in [1.29, 1.82) is 0 Å². The molecule has 0 aromatic heterocycles. The Hall–Kier alpha value is -2.17. The maximum absolute atomic E-state index is 12.7. The Balaban J connectivity index is 2.15. The van der Waals surface area contributed by atoms with E-state index in [0.717, 1.165) is 6.07 Å². The lowest BCUT2D eigenvalue weighted by atomic mass is 10.2. The van der Waals surface area contributed by atoms with Gasteiger partial charge in [0.05, 0.1) is 11.3 Å². The van der Waals surface area contributed by atoms with Crippen molar-refractivity contribution in [2.45, 2.75) is 6.18 Å². The van der Waals surface area contributed by atoms with Gasteiger partial charge in [0.1, 0.15) is 0 Å². The lowest BCUT2D eigenvalue weighted by Crippen LogP contribution is -2.12. The topological polar surface area (TPSA) is 21.3 Å². The third-order valence-electron chi connectivity index (χ3n) is 2.25. The van der Waals surface area contributed by atoms with Crippen molar-refractivity contribution in [2.75, 3.05) is 5.48 Å². The first-order valence-electron chi connectivity index (χ1n) is 5.21. The number of rotatable bonds is 3. The molecule has 0 atom stereocenters. The van der Waals surface area contributed by atoms with Gasteiger partial charge in [0.15, 0.2) is 5.75 Å². The molecule has 0 aliphatic rings. The van der Waals surface area contributed by atoms with Gasteiger partial charge < -0.3 is 4.84 Å². The summed E-state index contributed by atoms with van der Waals surface area (Å²) in [5, 5.41) is 0. The normalized spacial score (nSPS) is 11.1. The largest absolute Gasteiger partial charge is 0.418 e. The summed E-state index contributed by atoms with van der Waals surface area (Å²) in [6, 6.07) is 13.7. The van der Waals surface area contributed by atoms with Crippen LogP contribution in [0, 0.1) is 0 Å². The van der Waals surface area contributed by atoms with Crippen LogP contribution in [0.5, 0.6) is 5.75 Å². The SMILES string of the molecule is FC(F)(F)c1ccccc1NOc1ccccc1. The molecule has 18 heavy (non-hydrogen) atoms. The van der Waals surface area contributed by atoms with E-state index in [-0.39, 0.29) is 5.69 Å². The minimum Gasteiger partial charge on any atom is -0.382 e. The molecule has 1 N–H and O–H groups in total. The standard InChI is InChI=1S/C13H10F3NO/c14-13(15,16)11-8-4-5-9-12(11)17-18-10-6-2-1-3-7-10/h1-9,17H. The molecule has 94 valence electrons. The quantitative estimate of drug-likeness (QED) is 0.831. The molecule has 2 aromatic carbocycles. The van der Waals surface area contributed by atoms with Crippen molar-refractivity contribution in [3.63, 3.8) is 0 Å². The highest BCUT2D eigenvalue weighted by molar-refractivity contribution is 5.51. The summed E-state index contributed by atoms with van der Waals surface area (Å²) in [5.41, 5.74) is 1.44. The third kappa shape index (κ3) is 2.94. The molecule has 0 amide bonds. The van der Waals surface area contributed by atoms with E-state index in [4.69, 9.17) is 4.84 Å². The zero-order valence-electron chi connectivity index (χ0n) is 9.24. The highest BCUT2D eigenvalue weighted by atomic mass is 19.4. The fourth-order valence-corrected chi connectivity index (χ4v) is 1.42. The number of hydrogen-bond acceptors (Lipinski definition) is 2. The van der Waals surface area contributed by atoms with Crippen molar-refractivity contribution in [3.8, 4) is 5.75 Å². The van der Waals surface area contributed by atoms with Crippen LogP contribution in [-0.2, 0) is 6.18 Å². The van der Waals surface area contributed by atoms with Crippen LogP contribution in [0.25, 0.3) is 0 Å². The second-order valence-corrected chi connectivity index (χ2v) is 3.56. The van der Waals surface area contributed by atoms with Gasteiger partial charge in [0.25, 0.3) is 0 Å². The zero-order valence-corrected chi connectivity index (χ0v) is 9.24. The fraction of sp³-hybridized carbons (Fsp3) is 0.0769. The lowest BCUT2D eigenvalue weighted by molar-refractivity contribution is -0.137. The fourth-order valence-electron chi connectivity index (χ4n) is 1.42. The minimum absolute atomic E-state index is 0.117. The van der Waals surface area contributed by atoms with Gasteiger partial charge in [-0.1, -0.05) is 30.3 Å². The van der Waals surface area contributed by atoms with Gasteiger partial charge in [-0.2, -0.15) is 13.2 Å². The Morgan fingerprint density at radius 3 is 2.11 bits per heavy atom. The highest BCUT2D eigenvalue weighted by Crippen LogP contribution is 2.34. The van der Waals surface area contributed by atoms with Crippen molar-refractivity contribution in [1.82, 2.24) is 0 Å². The molecule has 0 fully saturated rings. The van der Waals surface area contributed by atoms with E-state index in [0.29, 0.717) is 5.75 Å². The van der Waals surface area contributed by atoms with Crippen LogP contribution >= 0.6 is 0 Å². The van der Waals surface area contributed by atoms with Gasteiger partial charge in [-0.05, 0) is 24.3 Å². The van der Waals surface area contributed by atoms with Crippen molar-refractivity contribution in [2.24, 2.45) is 0 Å². The molecule has 5 heteroatoms. The summed E-state index contributed by atoms with van der Waals surface area (Å²) in [6.07, 6.45) is -4.41. The van der Waals surface area contributed by atoms with Crippen LogP contribution in [0.4, 0.5) is 18.9 Å². The Kier molecular flexibility index (Phi) is 3.41. The molecule has 0 aliphatic heterocycles. The summed E-state index contributed by atoms with van der Waals surface area (Å²) in [6.45, 7) is 0. The van der Waals surface area contributed by atoms with Gasteiger partial charge in [-0.15, -0.1) is 0 Å². The van der Waals surface area contributed by atoms with Crippen LogP contribution in [0.2, 0.25) is 0 Å². The molecule has 0 heterocycles.